The third kappa shape index (κ3) is 7.90. The van der Waals surface area contributed by atoms with E-state index in [0.29, 0.717) is 19.5 Å². The molecular formula is C29H38FN5O3. The van der Waals surface area contributed by atoms with Gasteiger partial charge in [0.15, 0.2) is 5.96 Å². The second-order valence-electron chi connectivity index (χ2n) is 9.63. The Labute approximate surface area is 222 Å². The van der Waals surface area contributed by atoms with Gasteiger partial charge in [-0.05, 0) is 56.5 Å². The molecule has 3 aromatic rings. The van der Waals surface area contributed by atoms with E-state index in [0.717, 1.165) is 34.1 Å². The Kier molecular flexibility index (Phi) is 10.4. The number of carbonyl (C=O) groups excluding carboxylic acids is 1. The number of nitrogens with one attached hydrogen (secondary N) is 1. The molecule has 0 saturated heterocycles. The SMILES string of the molecule is CC(C)n1c(C=C[C@H](O)C[C@H](O)CC(=O)NCCCCN=C(N)N)c(-c2ccc(F)cc2)c2ccccc21. The first-order valence-corrected chi connectivity index (χ1v) is 12.9. The number of hydrogen-bond acceptors (Lipinski definition) is 4. The first-order valence-electron chi connectivity index (χ1n) is 12.9. The number of halogens is 1. The van der Waals surface area contributed by atoms with Crippen LogP contribution in [0, 0.1) is 5.82 Å². The third-order valence-electron chi connectivity index (χ3n) is 6.21. The molecule has 1 amide bonds. The van der Waals surface area contributed by atoms with Crippen molar-refractivity contribution in [1.82, 2.24) is 9.88 Å². The van der Waals surface area contributed by atoms with E-state index in [1.54, 1.807) is 18.2 Å². The Morgan fingerprint density at radius 2 is 1.82 bits per heavy atom. The van der Waals surface area contributed by atoms with Gasteiger partial charge >= 0.3 is 0 Å². The zero-order chi connectivity index (χ0) is 27.7. The molecule has 0 unspecified atom stereocenters. The number of fused-ring (bicyclic) bond motifs is 1. The standard InChI is InChI=1S/C29H38FN5O3/c1-19(2)35-25-8-4-3-7-24(25)28(20-9-11-21(30)12-10-20)26(35)14-13-22(36)17-23(37)18-27(38)33-15-5-6-16-34-29(31)32/h3-4,7-14,19,22-23,36-37H,5-6,15-18H2,1-2H3,(H,33,38)(H4,31,32,34)/t22-,23-/m0/s1. The highest BCUT2D eigenvalue weighted by Crippen LogP contribution is 2.38. The number of rotatable bonds is 13. The lowest BCUT2D eigenvalue weighted by atomic mass is 10.0. The monoisotopic (exact) mass is 523 g/mol. The van der Waals surface area contributed by atoms with Crippen LogP contribution in [0.25, 0.3) is 28.1 Å². The molecule has 0 radical (unpaired) electrons. The van der Waals surface area contributed by atoms with Gasteiger partial charge in [0.2, 0.25) is 5.91 Å². The lowest BCUT2D eigenvalue weighted by molar-refractivity contribution is -0.123. The normalized spacial score (nSPS) is 13.2. The van der Waals surface area contributed by atoms with Gasteiger partial charge in [0.25, 0.3) is 0 Å². The van der Waals surface area contributed by atoms with Crippen molar-refractivity contribution in [1.29, 1.82) is 0 Å². The number of amides is 1. The van der Waals surface area contributed by atoms with E-state index >= 15 is 0 Å². The number of hydrogen-bond donors (Lipinski definition) is 5. The Hall–Kier alpha value is -3.69. The fraction of sp³-hybridized carbons (Fsp3) is 0.379. The average molecular weight is 524 g/mol. The van der Waals surface area contributed by atoms with E-state index in [2.05, 4.69) is 28.7 Å². The second kappa shape index (κ2) is 13.7. The molecule has 8 nitrogen and oxygen atoms in total. The summed E-state index contributed by atoms with van der Waals surface area (Å²) >= 11 is 0. The molecule has 1 heterocycles. The fourth-order valence-electron chi connectivity index (χ4n) is 4.53. The number of aliphatic imine (C=N–C) groups is 1. The van der Waals surface area contributed by atoms with E-state index in [9.17, 15) is 19.4 Å². The molecule has 0 aliphatic carbocycles. The predicted octanol–water partition coefficient (Wildman–Crippen LogP) is 3.71. The molecule has 9 heteroatoms. The summed E-state index contributed by atoms with van der Waals surface area (Å²) in [6, 6.07) is 14.5. The number of aromatic nitrogens is 1. The van der Waals surface area contributed by atoms with Crippen molar-refractivity contribution < 1.29 is 19.4 Å². The minimum Gasteiger partial charge on any atom is -0.392 e. The third-order valence-corrected chi connectivity index (χ3v) is 6.21. The number of carbonyl (C=O) groups is 1. The maximum atomic E-state index is 13.6. The van der Waals surface area contributed by atoms with Gasteiger partial charge in [0.1, 0.15) is 5.82 Å². The molecule has 38 heavy (non-hydrogen) atoms. The number of benzene rings is 2. The Bertz CT molecular complexity index is 1260. The highest BCUT2D eigenvalue weighted by atomic mass is 19.1. The summed E-state index contributed by atoms with van der Waals surface area (Å²) in [5.41, 5.74) is 14.3. The smallest absolute Gasteiger partial charge is 0.222 e. The largest absolute Gasteiger partial charge is 0.392 e. The lowest BCUT2D eigenvalue weighted by Gasteiger charge is -2.15. The quantitative estimate of drug-likeness (QED) is 0.132. The van der Waals surface area contributed by atoms with Crippen LogP contribution in [0.15, 0.2) is 59.6 Å². The topological polar surface area (TPSA) is 139 Å². The highest BCUT2D eigenvalue weighted by Gasteiger charge is 2.19. The molecule has 2 aromatic carbocycles. The minimum absolute atomic E-state index is 0.0161. The lowest BCUT2D eigenvalue weighted by Crippen LogP contribution is -2.29. The first kappa shape index (κ1) is 28.9. The van der Waals surface area contributed by atoms with E-state index < -0.39 is 12.2 Å². The second-order valence-corrected chi connectivity index (χ2v) is 9.63. The van der Waals surface area contributed by atoms with E-state index in [-0.39, 0.29) is 36.6 Å². The van der Waals surface area contributed by atoms with Crippen LogP contribution >= 0.6 is 0 Å². The van der Waals surface area contributed by atoms with Crippen LogP contribution in [-0.2, 0) is 4.79 Å². The maximum Gasteiger partial charge on any atom is 0.222 e. The number of guanidine groups is 1. The Morgan fingerprint density at radius 3 is 2.50 bits per heavy atom. The molecule has 0 spiro atoms. The molecule has 0 aliphatic rings. The van der Waals surface area contributed by atoms with Gasteiger partial charge in [-0.15, -0.1) is 0 Å². The van der Waals surface area contributed by atoms with Crippen LogP contribution in [0.3, 0.4) is 0 Å². The van der Waals surface area contributed by atoms with Gasteiger partial charge < -0.3 is 31.6 Å². The van der Waals surface area contributed by atoms with Crippen molar-refractivity contribution in [2.24, 2.45) is 16.5 Å². The molecule has 1 aromatic heterocycles. The van der Waals surface area contributed by atoms with E-state index in [1.165, 1.54) is 12.1 Å². The van der Waals surface area contributed by atoms with E-state index in [4.69, 9.17) is 11.5 Å². The van der Waals surface area contributed by atoms with Gasteiger partial charge in [-0.3, -0.25) is 9.79 Å². The summed E-state index contributed by atoms with van der Waals surface area (Å²) < 4.78 is 15.8. The van der Waals surface area contributed by atoms with Gasteiger partial charge in [-0.2, -0.15) is 0 Å². The number of para-hydroxylation sites is 1. The zero-order valence-corrected chi connectivity index (χ0v) is 22.0. The van der Waals surface area contributed by atoms with Crippen molar-refractivity contribution in [2.45, 2.75) is 57.8 Å². The molecular weight excluding hydrogens is 485 g/mol. The van der Waals surface area contributed by atoms with Crippen molar-refractivity contribution in [3.63, 3.8) is 0 Å². The summed E-state index contributed by atoms with van der Waals surface area (Å²) in [7, 11) is 0. The molecule has 0 saturated carbocycles. The van der Waals surface area contributed by atoms with Crippen LogP contribution in [-0.4, -0.2) is 51.9 Å². The number of aliphatic hydroxyl groups is 2. The summed E-state index contributed by atoms with van der Waals surface area (Å²) in [5.74, 6) is -0.547. The predicted molar refractivity (Wildman–Crippen MR) is 151 cm³/mol. The first-order chi connectivity index (χ1) is 18.2. The number of aliphatic hydroxyl groups excluding tert-OH is 2. The van der Waals surface area contributed by atoms with Crippen LogP contribution < -0.4 is 16.8 Å². The maximum absolute atomic E-state index is 13.6. The van der Waals surface area contributed by atoms with Crippen LogP contribution in [0.2, 0.25) is 0 Å². The molecule has 7 N–H and O–H groups in total. The summed E-state index contributed by atoms with van der Waals surface area (Å²) in [6.07, 6.45) is 2.87. The number of unbranched alkanes of at least 4 members (excludes halogenated alkanes) is 1. The number of nitrogens with two attached hydrogens (primary N) is 2. The van der Waals surface area contributed by atoms with Crippen molar-refractivity contribution in [2.75, 3.05) is 13.1 Å². The molecule has 0 fully saturated rings. The average Bonchev–Trinajstić information content (AvgIpc) is 3.19. The van der Waals surface area contributed by atoms with Crippen LogP contribution in [0.4, 0.5) is 4.39 Å². The molecule has 3 rings (SSSR count). The van der Waals surface area contributed by atoms with Gasteiger partial charge in [-0.1, -0.05) is 36.4 Å². The summed E-state index contributed by atoms with van der Waals surface area (Å²) in [4.78, 5) is 16.0. The zero-order valence-electron chi connectivity index (χ0n) is 22.0. The van der Waals surface area contributed by atoms with Crippen LogP contribution in [0.5, 0.6) is 0 Å². The summed E-state index contributed by atoms with van der Waals surface area (Å²) in [6.45, 7) is 5.12. The minimum atomic E-state index is -0.996. The molecule has 0 bridgehead atoms. The van der Waals surface area contributed by atoms with Gasteiger partial charge in [-0.25, -0.2) is 4.39 Å². The van der Waals surface area contributed by atoms with Crippen molar-refractivity contribution >= 4 is 28.8 Å². The Morgan fingerprint density at radius 1 is 1.11 bits per heavy atom. The molecule has 2 atom stereocenters. The van der Waals surface area contributed by atoms with Crippen molar-refractivity contribution in [3.8, 4) is 11.1 Å². The van der Waals surface area contributed by atoms with Crippen molar-refractivity contribution in [3.05, 3.63) is 66.1 Å². The Balaban J connectivity index is 1.69. The molecule has 0 aliphatic heterocycles. The molecule has 204 valence electrons. The highest BCUT2D eigenvalue weighted by molar-refractivity contribution is 6.01. The summed E-state index contributed by atoms with van der Waals surface area (Å²) in [5, 5.41) is 24.8. The fourth-order valence-corrected chi connectivity index (χ4v) is 4.53. The van der Waals surface area contributed by atoms with Gasteiger partial charge in [0, 0.05) is 47.7 Å². The van der Waals surface area contributed by atoms with Crippen LogP contribution in [0.1, 0.15) is 51.3 Å². The number of nitrogens with zero attached hydrogens (tertiary/aromatic N) is 2. The van der Waals surface area contributed by atoms with E-state index in [1.807, 2.05) is 30.3 Å². The van der Waals surface area contributed by atoms with Gasteiger partial charge in [0.05, 0.1) is 18.6 Å².